The van der Waals surface area contributed by atoms with E-state index in [1.807, 2.05) is 11.0 Å². The van der Waals surface area contributed by atoms with Crippen molar-refractivity contribution in [2.45, 2.75) is 38.0 Å². The molecule has 1 N–H and O–H groups in total. The van der Waals surface area contributed by atoms with E-state index in [0.717, 1.165) is 44.5 Å². The van der Waals surface area contributed by atoms with Crippen LogP contribution in [0, 0.1) is 5.92 Å². The number of nitrogens with zero attached hydrogens (tertiary/aromatic N) is 4. The van der Waals surface area contributed by atoms with Gasteiger partial charge in [-0.2, -0.15) is 10.1 Å². The van der Waals surface area contributed by atoms with Crippen molar-refractivity contribution in [3.63, 3.8) is 0 Å². The van der Waals surface area contributed by atoms with Crippen LogP contribution in [0.25, 0.3) is 11.5 Å². The normalized spacial score (nSPS) is 20.1. The predicted octanol–water partition coefficient (Wildman–Crippen LogP) is 3.03. The van der Waals surface area contributed by atoms with Crippen molar-refractivity contribution in [1.29, 1.82) is 0 Å². The number of amides is 1. The predicted molar refractivity (Wildman–Crippen MR) is 94.9 cm³/mol. The monoisotopic (exact) mass is 367 g/mol. The molecule has 0 aromatic carbocycles. The van der Waals surface area contributed by atoms with E-state index in [0.29, 0.717) is 41.4 Å². The minimum atomic E-state index is -0.0574. The summed E-state index contributed by atoms with van der Waals surface area (Å²) in [5.41, 5.74) is 1.12. The summed E-state index contributed by atoms with van der Waals surface area (Å²) in [4.78, 5) is 19.2. The number of likely N-dealkylation sites (tertiary alicyclic amines) is 1. The molecule has 0 radical (unpaired) electrons. The van der Waals surface area contributed by atoms with Crippen molar-refractivity contribution in [3.05, 3.63) is 41.9 Å². The number of aromatic nitrogens is 4. The molecule has 4 heterocycles. The molecule has 27 heavy (non-hydrogen) atoms. The third-order valence-electron chi connectivity index (χ3n) is 5.28. The molecule has 1 saturated heterocycles. The summed E-state index contributed by atoms with van der Waals surface area (Å²) >= 11 is 0. The molecule has 0 unspecified atom stereocenters. The van der Waals surface area contributed by atoms with E-state index in [2.05, 4.69) is 20.3 Å². The fourth-order valence-electron chi connectivity index (χ4n) is 3.67. The van der Waals surface area contributed by atoms with E-state index in [9.17, 15) is 4.79 Å². The number of carbonyl (C=O) groups is 1. The quantitative estimate of drug-likeness (QED) is 0.744. The van der Waals surface area contributed by atoms with Crippen molar-refractivity contribution in [2.24, 2.45) is 5.92 Å². The van der Waals surface area contributed by atoms with E-state index in [1.165, 1.54) is 0 Å². The molecule has 0 spiro atoms. The van der Waals surface area contributed by atoms with Crippen LogP contribution >= 0.6 is 0 Å². The molecule has 5 rings (SSSR count). The molecule has 0 bridgehead atoms. The molecule has 2 fully saturated rings. The second-order valence-electron chi connectivity index (χ2n) is 7.43. The van der Waals surface area contributed by atoms with E-state index in [1.54, 1.807) is 18.4 Å². The van der Waals surface area contributed by atoms with Crippen molar-refractivity contribution in [2.75, 3.05) is 13.1 Å². The van der Waals surface area contributed by atoms with Gasteiger partial charge in [-0.05, 0) is 43.7 Å². The summed E-state index contributed by atoms with van der Waals surface area (Å²) in [6, 6.07) is 5.38. The average Bonchev–Trinajstić information content (AvgIpc) is 3.11. The number of furan rings is 1. The van der Waals surface area contributed by atoms with Gasteiger partial charge in [0.1, 0.15) is 5.69 Å². The Balaban J connectivity index is 1.24. The van der Waals surface area contributed by atoms with Gasteiger partial charge in [-0.1, -0.05) is 5.16 Å². The van der Waals surface area contributed by atoms with E-state index < -0.39 is 0 Å². The summed E-state index contributed by atoms with van der Waals surface area (Å²) in [5, 5.41) is 11.1. The highest BCUT2D eigenvalue weighted by Crippen LogP contribution is 2.38. The number of hydrogen-bond donors (Lipinski definition) is 1. The van der Waals surface area contributed by atoms with Crippen LogP contribution in [0.4, 0.5) is 0 Å². The van der Waals surface area contributed by atoms with Gasteiger partial charge in [0.25, 0.3) is 5.91 Å². The lowest BCUT2D eigenvalue weighted by Crippen LogP contribution is -2.40. The fourth-order valence-corrected chi connectivity index (χ4v) is 3.67. The van der Waals surface area contributed by atoms with Gasteiger partial charge in [0.2, 0.25) is 5.89 Å². The zero-order chi connectivity index (χ0) is 18.2. The van der Waals surface area contributed by atoms with Crippen LogP contribution in [0.15, 0.2) is 33.4 Å². The zero-order valence-electron chi connectivity index (χ0n) is 14.9. The van der Waals surface area contributed by atoms with Crippen LogP contribution in [0.2, 0.25) is 0 Å². The van der Waals surface area contributed by atoms with E-state index >= 15 is 0 Å². The van der Waals surface area contributed by atoms with Crippen molar-refractivity contribution < 1.29 is 13.7 Å². The maximum Gasteiger partial charge on any atom is 0.274 e. The molecule has 3 aromatic rings. The SMILES string of the molecule is O=C(c1cc(-c2ccco2)[nH]n1)N1CCC[C@@H](Cc2nc(C3CC3)no2)C1. The van der Waals surface area contributed by atoms with Gasteiger partial charge in [0.15, 0.2) is 17.3 Å². The Morgan fingerprint density at radius 3 is 3.07 bits per heavy atom. The first-order valence-corrected chi connectivity index (χ1v) is 9.47. The minimum absolute atomic E-state index is 0.0574. The molecule has 3 aromatic heterocycles. The molecule has 1 aliphatic heterocycles. The van der Waals surface area contributed by atoms with Crippen molar-refractivity contribution in [1.82, 2.24) is 25.2 Å². The lowest BCUT2D eigenvalue weighted by molar-refractivity contribution is 0.0662. The molecule has 1 atom stereocenters. The lowest BCUT2D eigenvalue weighted by Gasteiger charge is -2.31. The molecular formula is C19H21N5O3. The third-order valence-corrected chi connectivity index (χ3v) is 5.28. The van der Waals surface area contributed by atoms with Gasteiger partial charge in [-0.15, -0.1) is 0 Å². The topological polar surface area (TPSA) is 101 Å². The maximum absolute atomic E-state index is 12.8. The molecule has 1 saturated carbocycles. The highest BCUT2D eigenvalue weighted by Gasteiger charge is 2.31. The second-order valence-corrected chi connectivity index (χ2v) is 7.43. The largest absolute Gasteiger partial charge is 0.463 e. The van der Waals surface area contributed by atoms with Crippen LogP contribution in [0.5, 0.6) is 0 Å². The molecule has 1 amide bonds. The average molecular weight is 367 g/mol. The standard InChI is InChI=1S/C19H21N5O3/c25-19(15-10-14(21-22-15)16-4-2-8-26-16)24-7-1-3-12(11-24)9-17-20-18(23-27-17)13-5-6-13/h2,4,8,10,12-13H,1,3,5-7,9,11H2,(H,21,22)/t12-/m0/s1. The van der Waals surface area contributed by atoms with E-state index in [4.69, 9.17) is 8.94 Å². The summed E-state index contributed by atoms with van der Waals surface area (Å²) in [7, 11) is 0. The molecular weight excluding hydrogens is 346 g/mol. The first-order chi connectivity index (χ1) is 13.3. The Bertz CT molecular complexity index is 925. The Morgan fingerprint density at radius 2 is 2.26 bits per heavy atom. The summed E-state index contributed by atoms with van der Waals surface area (Å²) in [6.45, 7) is 1.43. The first kappa shape index (κ1) is 16.3. The van der Waals surface area contributed by atoms with Crippen molar-refractivity contribution >= 4 is 5.91 Å². The van der Waals surface area contributed by atoms with Crippen LogP contribution < -0.4 is 0 Å². The van der Waals surface area contributed by atoms with Gasteiger partial charge >= 0.3 is 0 Å². The lowest BCUT2D eigenvalue weighted by atomic mass is 9.94. The third kappa shape index (κ3) is 3.39. The number of hydrogen-bond acceptors (Lipinski definition) is 6. The van der Waals surface area contributed by atoms with Crippen LogP contribution in [0.1, 0.15) is 53.8 Å². The number of carbonyl (C=O) groups excluding carboxylic acids is 1. The molecule has 8 heteroatoms. The molecule has 2 aliphatic rings. The fraction of sp³-hybridized carbons (Fsp3) is 0.474. The molecule has 1 aliphatic carbocycles. The van der Waals surface area contributed by atoms with Gasteiger partial charge in [0.05, 0.1) is 6.26 Å². The van der Waals surface area contributed by atoms with Crippen LogP contribution in [-0.2, 0) is 6.42 Å². The van der Waals surface area contributed by atoms with Gasteiger partial charge < -0.3 is 13.8 Å². The van der Waals surface area contributed by atoms with Crippen LogP contribution in [-0.4, -0.2) is 44.2 Å². The number of piperidine rings is 1. The minimum Gasteiger partial charge on any atom is -0.463 e. The smallest absolute Gasteiger partial charge is 0.274 e. The summed E-state index contributed by atoms with van der Waals surface area (Å²) < 4.78 is 10.7. The van der Waals surface area contributed by atoms with Gasteiger partial charge in [0, 0.05) is 31.5 Å². The number of H-pyrrole nitrogens is 1. The number of nitrogens with one attached hydrogen (secondary N) is 1. The molecule has 8 nitrogen and oxygen atoms in total. The zero-order valence-corrected chi connectivity index (χ0v) is 14.9. The van der Waals surface area contributed by atoms with E-state index in [-0.39, 0.29) is 5.91 Å². The Hall–Kier alpha value is -2.90. The maximum atomic E-state index is 12.8. The second kappa shape index (κ2) is 6.68. The summed E-state index contributed by atoms with van der Waals surface area (Å²) in [6.07, 6.45) is 6.67. The van der Waals surface area contributed by atoms with Gasteiger partial charge in [-0.3, -0.25) is 9.89 Å². The number of rotatable bonds is 5. The highest BCUT2D eigenvalue weighted by molar-refractivity contribution is 5.93. The van der Waals surface area contributed by atoms with Crippen LogP contribution in [0.3, 0.4) is 0 Å². The molecule has 140 valence electrons. The van der Waals surface area contributed by atoms with Gasteiger partial charge in [-0.25, -0.2) is 0 Å². The Morgan fingerprint density at radius 1 is 1.33 bits per heavy atom. The number of aromatic amines is 1. The summed E-state index contributed by atoms with van der Waals surface area (Å²) in [5.74, 6) is 2.97. The Labute approximate surface area is 155 Å². The first-order valence-electron chi connectivity index (χ1n) is 9.47. The highest BCUT2D eigenvalue weighted by atomic mass is 16.5. The van der Waals surface area contributed by atoms with Crippen molar-refractivity contribution in [3.8, 4) is 11.5 Å². The Kier molecular flexibility index (Phi) is 4.03.